The molecule has 0 aliphatic heterocycles. The Morgan fingerprint density at radius 2 is 1.94 bits per heavy atom. The Bertz CT molecular complexity index is 1070. The van der Waals surface area contributed by atoms with Gasteiger partial charge in [-0.25, -0.2) is 4.39 Å². The smallest absolute Gasteiger partial charge is 0.390 e. The highest BCUT2D eigenvalue weighted by Crippen LogP contribution is 2.32. The fourth-order valence-corrected chi connectivity index (χ4v) is 2.99. The van der Waals surface area contributed by atoms with Crippen LogP contribution in [0.3, 0.4) is 0 Å². The molecule has 2 aromatic carbocycles. The number of hydrogen-bond acceptors (Lipinski definition) is 4. The van der Waals surface area contributed by atoms with E-state index in [-0.39, 0.29) is 25.3 Å². The number of hydrogen-bond donors (Lipinski definition) is 2. The number of nitrogens with zero attached hydrogens (tertiary/aromatic N) is 2. The van der Waals surface area contributed by atoms with E-state index in [0.717, 1.165) is 6.07 Å². The van der Waals surface area contributed by atoms with Gasteiger partial charge in [-0.05, 0) is 42.5 Å². The summed E-state index contributed by atoms with van der Waals surface area (Å²) >= 11 is 0. The number of carbonyl (C=O) groups is 1. The van der Waals surface area contributed by atoms with Crippen molar-refractivity contribution in [2.75, 3.05) is 25.0 Å². The molecule has 0 radical (unpaired) electrons. The third-order valence-corrected chi connectivity index (χ3v) is 4.56. The van der Waals surface area contributed by atoms with Gasteiger partial charge in [0.05, 0.1) is 17.8 Å². The van der Waals surface area contributed by atoms with Gasteiger partial charge in [-0.1, -0.05) is 6.07 Å². The second-order valence-electron chi connectivity index (χ2n) is 6.98. The molecule has 10 heteroatoms. The Morgan fingerprint density at radius 3 is 2.62 bits per heavy atom. The summed E-state index contributed by atoms with van der Waals surface area (Å²) in [5, 5.41) is 9.59. The van der Waals surface area contributed by atoms with E-state index in [4.69, 9.17) is 4.74 Å². The van der Waals surface area contributed by atoms with Crippen molar-refractivity contribution in [2.45, 2.75) is 12.6 Å². The van der Waals surface area contributed by atoms with Gasteiger partial charge in [-0.3, -0.25) is 9.48 Å². The number of nitrogens with one attached hydrogen (secondary N) is 2. The molecule has 0 atom stereocenters. The second kappa shape index (κ2) is 10.3. The predicted octanol–water partition coefficient (Wildman–Crippen LogP) is 4.40. The first-order valence-corrected chi connectivity index (χ1v) is 9.82. The van der Waals surface area contributed by atoms with E-state index in [1.54, 1.807) is 42.2 Å². The topological polar surface area (TPSA) is 68.2 Å². The zero-order valence-corrected chi connectivity index (χ0v) is 17.2. The Kier molecular flexibility index (Phi) is 7.47. The Balaban J connectivity index is 1.71. The van der Waals surface area contributed by atoms with Gasteiger partial charge >= 0.3 is 6.18 Å². The number of alkyl halides is 3. The Morgan fingerprint density at radius 1 is 1.12 bits per heavy atom. The fraction of sp³-hybridized carbons (Fsp3) is 0.273. The van der Waals surface area contributed by atoms with Crippen LogP contribution in [0, 0.1) is 5.82 Å². The highest BCUT2D eigenvalue weighted by molar-refractivity contribution is 6.06. The fourth-order valence-electron chi connectivity index (χ4n) is 2.99. The van der Waals surface area contributed by atoms with Gasteiger partial charge in [-0.2, -0.15) is 18.3 Å². The van der Waals surface area contributed by atoms with Crippen LogP contribution >= 0.6 is 0 Å². The van der Waals surface area contributed by atoms with E-state index in [0.29, 0.717) is 22.7 Å². The van der Waals surface area contributed by atoms with Crippen molar-refractivity contribution < 1.29 is 27.1 Å². The molecule has 0 aliphatic rings. The number of rotatable bonds is 9. The van der Waals surface area contributed by atoms with Crippen LogP contribution in [0.15, 0.2) is 54.7 Å². The minimum atomic E-state index is -4.20. The van der Waals surface area contributed by atoms with E-state index in [1.807, 2.05) is 0 Å². The molecule has 32 heavy (non-hydrogen) atoms. The monoisotopic (exact) mass is 450 g/mol. The van der Waals surface area contributed by atoms with Crippen LogP contribution in [0.1, 0.15) is 16.8 Å². The first kappa shape index (κ1) is 23.3. The van der Waals surface area contributed by atoms with Crippen LogP contribution in [0.2, 0.25) is 0 Å². The molecule has 1 heterocycles. The Hall–Kier alpha value is -3.40. The normalized spacial score (nSPS) is 11.4. The number of benzene rings is 2. The molecule has 0 spiro atoms. The van der Waals surface area contributed by atoms with Gasteiger partial charge in [0.1, 0.15) is 18.2 Å². The van der Waals surface area contributed by atoms with E-state index in [2.05, 4.69) is 15.7 Å². The molecule has 1 aromatic heterocycles. The highest BCUT2D eigenvalue weighted by Gasteiger charge is 2.25. The molecule has 3 aromatic rings. The number of halogens is 4. The van der Waals surface area contributed by atoms with Crippen LogP contribution in [0.25, 0.3) is 11.3 Å². The summed E-state index contributed by atoms with van der Waals surface area (Å²) in [6, 6.07) is 12.1. The SMILES string of the molecule is Cn1nccc1-c1cc(OCCNCCC(F)(F)F)ccc1NC(=O)c1cccc(F)c1. The van der Waals surface area contributed by atoms with Crippen LogP contribution in [-0.2, 0) is 7.05 Å². The quantitative estimate of drug-likeness (QED) is 0.375. The van der Waals surface area contributed by atoms with Crippen LogP contribution in [0.5, 0.6) is 5.75 Å². The first-order chi connectivity index (χ1) is 15.2. The summed E-state index contributed by atoms with van der Waals surface area (Å²) in [5.74, 6) is -0.518. The first-order valence-electron chi connectivity index (χ1n) is 9.82. The predicted molar refractivity (Wildman–Crippen MR) is 112 cm³/mol. The van der Waals surface area contributed by atoms with Crippen molar-refractivity contribution >= 4 is 11.6 Å². The standard InChI is InChI=1S/C22H22F4N4O2/c1-30-20(7-9-28-30)18-14-17(32-12-11-27-10-8-22(24,25)26)5-6-19(18)29-21(31)15-3-2-4-16(23)13-15/h2-7,9,13-14,27H,8,10-12H2,1H3,(H,29,31). The van der Waals surface area contributed by atoms with Gasteiger partial charge < -0.3 is 15.4 Å². The Labute approximate surface area is 182 Å². The number of ether oxygens (including phenoxy) is 1. The summed E-state index contributed by atoms with van der Waals surface area (Å²) < 4.78 is 57.2. The van der Waals surface area contributed by atoms with Crippen LogP contribution < -0.4 is 15.4 Å². The molecule has 0 aliphatic carbocycles. The average molecular weight is 450 g/mol. The molecule has 1 amide bonds. The molecule has 0 unspecified atom stereocenters. The molecule has 3 rings (SSSR count). The summed E-state index contributed by atoms with van der Waals surface area (Å²) in [4.78, 5) is 12.6. The average Bonchev–Trinajstić information content (AvgIpc) is 3.16. The van der Waals surface area contributed by atoms with Crippen molar-refractivity contribution in [1.82, 2.24) is 15.1 Å². The third kappa shape index (κ3) is 6.55. The summed E-state index contributed by atoms with van der Waals surface area (Å²) in [6.07, 6.45) is -3.50. The lowest BCUT2D eigenvalue weighted by atomic mass is 10.1. The third-order valence-electron chi connectivity index (χ3n) is 4.56. The summed E-state index contributed by atoms with van der Waals surface area (Å²) in [7, 11) is 1.74. The molecule has 6 nitrogen and oxygen atoms in total. The highest BCUT2D eigenvalue weighted by atomic mass is 19.4. The van der Waals surface area contributed by atoms with Crippen molar-refractivity contribution in [3.63, 3.8) is 0 Å². The number of aromatic nitrogens is 2. The molecular weight excluding hydrogens is 428 g/mol. The van der Waals surface area contributed by atoms with Gasteiger partial charge in [0.25, 0.3) is 5.91 Å². The minimum absolute atomic E-state index is 0.164. The molecule has 0 saturated heterocycles. The van der Waals surface area contributed by atoms with E-state index in [1.165, 1.54) is 18.2 Å². The van der Waals surface area contributed by atoms with Crippen LogP contribution in [0.4, 0.5) is 23.2 Å². The number of amides is 1. The van der Waals surface area contributed by atoms with Gasteiger partial charge in [-0.15, -0.1) is 0 Å². The molecule has 170 valence electrons. The zero-order valence-electron chi connectivity index (χ0n) is 17.2. The van der Waals surface area contributed by atoms with Crippen molar-refractivity contribution in [2.24, 2.45) is 7.05 Å². The number of carbonyl (C=O) groups excluding carboxylic acids is 1. The number of aryl methyl sites for hydroxylation is 1. The lowest BCUT2D eigenvalue weighted by molar-refractivity contribution is -0.133. The lowest BCUT2D eigenvalue weighted by Gasteiger charge is -2.15. The second-order valence-corrected chi connectivity index (χ2v) is 6.98. The van der Waals surface area contributed by atoms with Crippen molar-refractivity contribution in [1.29, 1.82) is 0 Å². The molecule has 2 N–H and O–H groups in total. The van der Waals surface area contributed by atoms with Crippen molar-refractivity contribution in [3.05, 3.63) is 66.1 Å². The lowest BCUT2D eigenvalue weighted by Crippen LogP contribution is -2.25. The summed E-state index contributed by atoms with van der Waals surface area (Å²) in [5.41, 5.74) is 1.97. The van der Waals surface area contributed by atoms with Crippen molar-refractivity contribution in [3.8, 4) is 17.0 Å². The van der Waals surface area contributed by atoms with Crippen LogP contribution in [-0.4, -0.2) is 41.6 Å². The van der Waals surface area contributed by atoms with E-state index in [9.17, 15) is 22.4 Å². The van der Waals surface area contributed by atoms with E-state index >= 15 is 0 Å². The molecule has 0 fully saturated rings. The maximum absolute atomic E-state index is 13.5. The maximum Gasteiger partial charge on any atom is 0.390 e. The van der Waals surface area contributed by atoms with Gasteiger partial charge in [0, 0.05) is 37.5 Å². The van der Waals surface area contributed by atoms with Gasteiger partial charge in [0.15, 0.2) is 0 Å². The molecule has 0 saturated carbocycles. The number of anilines is 1. The summed E-state index contributed by atoms with van der Waals surface area (Å²) in [6.45, 7) is 0.227. The largest absolute Gasteiger partial charge is 0.492 e. The van der Waals surface area contributed by atoms with Gasteiger partial charge in [0.2, 0.25) is 0 Å². The molecule has 0 bridgehead atoms. The van der Waals surface area contributed by atoms with E-state index < -0.39 is 24.3 Å². The molecular formula is C22H22F4N4O2. The maximum atomic E-state index is 13.5. The minimum Gasteiger partial charge on any atom is -0.492 e. The zero-order chi connectivity index (χ0) is 23.1.